The normalized spacial score (nSPS) is 58.5. The van der Waals surface area contributed by atoms with Gasteiger partial charge < -0.3 is 20.1 Å². The fraction of sp³-hybridized carbons (Fsp3) is 1.00. The summed E-state index contributed by atoms with van der Waals surface area (Å²) in [5, 5.41) is 27.6. The molecule has 4 nitrogen and oxygen atoms in total. The van der Waals surface area contributed by atoms with E-state index in [1.54, 1.807) is 0 Å². The van der Waals surface area contributed by atoms with E-state index in [0.717, 1.165) is 0 Å². The van der Waals surface area contributed by atoms with Crippen molar-refractivity contribution < 1.29 is 20.1 Å². The molecule has 3 N–H and O–H groups in total. The highest BCUT2D eigenvalue weighted by Crippen LogP contribution is 2.52. The molecule has 0 amide bonds. The molecule has 3 atom stereocenters. The molecule has 58 valence electrons. The second-order valence-corrected chi connectivity index (χ2v) is 3.12. The van der Waals surface area contributed by atoms with Gasteiger partial charge in [0.05, 0.1) is 19.3 Å². The van der Waals surface area contributed by atoms with E-state index < -0.39 is 17.8 Å². The van der Waals surface area contributed by atoms with Crippen LogP contribution in [0.3, 0.4) is 0 Å². The molecule has 0 aromatic heterocycles. The van der Waals surface area contributed by atoms with Crippen molar-refractivity contribution in [2.24, 2.45) is 0 Å². The first kappa shape index (κ1) is 6.54. The molecule has 10 heavy (non-hydrogen) atoms. The molecule has 2 unspecified atom stereocenters. The molecule has 0 aromatic rings. The SMILES string of the molecule is OCC1(O)CO[C@H]2CC21O. The second-order valence-electron chi connectivity index (χ2n) is 3.12. The molecular formula is C6H10O4. The summed E-state index contributed by atoms with van der Waals surface area (Å²) in [7, 11) is 0. The van der Waals surface area contributed by atoms with Crippen molar-refractivity contribution in [2.75, 3.05) is 13.2 Å². The molecule has 1 aliphatic carbocycles. The lowest BCUT2D eigenvalue weighted by atomic mass is 9.98. The van der Waals surface area contributed by atoms with E-state index in [1.165, 1.54) is 0 Å². The second kappa shape index (κ2) is 1.53. The van der Waals surface area contributed by atoms with E-state index in [1.807, 2.05) is 0 Å². The van der Waals surface area contributed by atoms with Gasteiger partial charge in [-0.2, -0.15) is 0 Å². The first-order valence-electron chi connectivity index (χ1n) is 3.30. The van der Waals surface area contributed by atoms with Crippen LogP contribution in [0.25, 0.3) is 0 Å². The maximum atomic E-state index is 9.45. The molecule has 0 aromatic carbocycles. The average Bonchev–Trinajstić information content (AvgIpc) is 2.53. The third kappa shape index (κ3) is 0.509. The Morgan fingerprint density at radius 2 is 2.20 bits per heavy atom. The zero-order valence-electron chi connectivity index (χ0n) is 5.45. The Balaban J connectivity index is 2.23. The molecule has 1 aliphatic heterocycles. The van der Waals surface area contributed by atoms with Gasteiger partial charge in [0.15, 0.2) is 0 Å². The molecule has 4 heteroatoms. The van der Waals surface area contributed by atoms with E-state index in [-0.39, 0.29) is 12.7 Å². The monoisotopic (exact) mass is 146 g/mol. The van der Waals surface area contributed by atoms with Crippen LogP contribution in [0.2, 0.25) is 0 Å². The lowest BCUT2D eigenvalue weighted by Gasteiger charge is -2.24. The van der Waals surface area contributed by atoms with Crippen LogP contribution in [0, 0.1) is 0 Å². The van der Waals surface area contributed by atoms with E-state index in [2.05, 4.69) is 0 Å². The summed E-state index contributed by atoms with van der Waals surface area (Å²) in [6.45, 7) is -0.384. The van der Waals surface area contributed by atoms with Crippen LogP contribution >= 0.6 is 0 Å². The Labute approximate surface area is 58.0 Å². The number of hydrogen-bond acceptors (Lipinski definition) is 4. The van der Waals surface area contributed by atoms with Crippen molar-refractivity contribution in [3.8, 4) is 0 Å². The first-order chi connectivity index (χ1) is 4.62. The maximum absolute atomic E-state index is 9.45. The van der Waals surface area contributed by atoms with Gasteiger partial charge in [0.2, 0.25) is 0 Å². The smallest absolute Gasteiger partial charge is 0.142 e. The largest absolute Gasteiger partial charge is 0.393 e. The van der Waals surface area contributed by atoms with Crippen LogP contribution in [-0.4, -0.2) is 45.8 Å². The fourth-order valence-corrected chi connectivity index (χ4v) is 1.46. The summed E-state index contributed by atoms with van der Waals surface area (Å²) in [5.41, 5.74) is -2.56. The molecular weight excluding hydrogens is 136 g/mol. The van der Waals surface area contributed by atoms with Gasteiger partial charge in [0.1, 0.15) is 11.2 Å². The van der Waals surface area contributed by atoms with Crippen molar-refractivity contribution in [3.05, 3.63) is 0 Å². The predicted molar refractivity (Wildman–Crippen MR) is 31.3 cm³/mol. The van der Waals surface area contributed by atoms with Crippen molar-refractivity contribution in [2.45, 2.75) is 23.7 Å². The molecule has 2 fully saturated rings. The summed E-state index contributed by atoms with van der Waals surface area (Å²) < 4.78 is 4.98. The molecule has 0 bridgehead atoms. The van der Waals surface area contributed by atoms with Gasteiger partial charge in [0.25, 0.3) is 0 Å². The highest BCUT2D eigenvalue weighted by atomic mass is 16.6. The topological polar surface area (TPSA) is 69.9 Å². The van der Waals surface area contributed by atoms with E-state index in [4.69, 9.17) is 9.84 Å². The van der Waals surface area contributed by atoms with E-state index in [9.17, 15) is 10.2 Å². The van der Waals surface area contributed by atoms with Gasteiger partial charge in [-0.15, -0.1) is 0 Å². The van der Waals surface area contributed by atoms with Gasteiger partial charge in [-0.3, -0.25) is 0 Å². The van der Waals surface area contributed by atoms with Crippen LogP contribution in [0.5, 0.6) is 0 Å². The summed E-state index contributed by atoms with van der Waals surface area (Å²) >= 11 is 0. The Kier molecular flexibility index (Phi) is 1.00. The van der Waals surface area contributed by atoms with Gasteiger partial charge >= 0.3 is 0 Å². The molecule has 1 saturated heterocycles. The Morgan fingerprint density at radius 1 is 1.50 bits per heavy atom. The minimum Gasteiger partial charge on any atom is -0.393 e. The number of aliphatic hydroxyl groups excluding tert-OH is 1. The standard InChI is InChI=1S/C6H10O4/c7-2-5(8)3-10-4-1-6(4,5)9/h4,7-9H,1-3H2/t4-,5?,6?/m0/s1. The molecule has 0 radical (unpaired) electrons. The van der Waals surface area contributed by atoms with Crippen molar-refractivity contribution >= 4 is 0 Å². The summed E-state index contributed by atoms with van der Waals surface area (Å²) in [4.78, 5) is 0. The lowest BCUT2D eigenvalue weighted by Crippen LogP contribution is -2.48. The van der Waals surface area contributed by atoms with Crippen LogP contribution in [0.1, 0.15) is 6.42 Å². The fourth-order valence-electron chi connectivity index (χ4n) is 1.46. The third-order valence-corrected chi connectivity index (χ3v) is 2.46. The Bertz CT molecular complexity index is 169. The van der Waals surface area contributed by atoms with Crippen molar-refractivity contribution in [1.82, 2.24) is 0 Å². The summed E-state index contributed by atoms with van der Waals surface area (Å²) in [5.74, 6) is 0. The lowest BCUT2D eigenvalue weighted by molar-refractivity contribution is -0.110. The molecule has 1 heterocycles. The minimum atomic E-state index is -1.41. The Hall–Kier alpha value is -0.160. The maximum Gasteiger partial charge on any atom is 0.142 e. The van der Waals surface area contributed by atoms with Crippen LogP contribution in [0.15, 0.2) is 0 Å². The van der Waals surface area contributed by atoms with Crippen LogP contribution in [-0.2, 0) is 4.74 Å². The molecule has 2 aliphatic rings. The Morgan fingerprint density at radius 3 is 2.40 bits per heavy atom. The van der Waals surface area contributed by atoms with Gasteiger partial charge in [-0.25, -0.2) is 0 Å². The summed E-state index contributed by atoms with van der Waals surface area (Å²) in [6, 6.07) is 0. The van der Waals surface area contributed by atoms with Crippen molar-refractivity contribution in [1.29, 1.82) is 0 Å². The molecule has 1 saturated carbocycles. The minimum absolute atomic E-state index is 0.0463. The molecule has 2 rings (SSSR count). The quantitative estimate of drug-likeness (QED) is 0.410. The average molecular weight is 146 g/mol. The first-order valence-corrected chi connectivity index (χ1v) is 3.30. The third-order valence-electron chi connectivity index (χ3n) is 2.46. The van der Waals surface area contributed by atoms with Crippen LogP contribution in [0.4, 0.5) is 0 Å². The van der Waals surface area contributed by atoms with Gasteiger partial charge in [-0.05, 0) is 0 Å². The molecule has 0 spiro atoms. The number of rotatable bonds is 1. The summed E-state index contributed by atoms with van der Waals surface area (Å²) in [6.07, 6.45) is 0.203. The number of aliphatic hydroxyl groups is 3. The zero-order chi connectivity index (χ0) is 7.41. The van der Waals surface area contributed by atoms with Gasteiger partial charge in [-0.1, -0.05) is 0 Å². The highest BCUT2D eigenvalue weighted by molar-refractivity contribution is 5.22. The highest BCUT2D eigenvalue weighted by Gasteiger charge is 2.71. The van der Waals surface area contributed by atoms with E-state index >= 15 is 0 Å². The van der Waals surface area contributed by atoms with Crippen LogP contribution < -0.4 is 0 Å². The van der Waals surface area contributed by atoms with Gasteiger partial charge in [0, 0.05) is 6.42 Å². The zero-order valence-corrected chi connectivity index (χ0v) is 5.45. The van der Waals surface area contributed by atoms with Crippen molar-refractivity contribution in [3.63, 3.8) is 0 Å². The van der Waals surface area contributed by atoms with E-state index in [0.29, 0.717) is 6.42 Å². The number of hydrogen-bond donors (Lipinski definition) is 3. The number of fused-ring (bicyclic) bond motifs is 1. The predicted octanol–water partition coefficient (Wildman–Crippen LogP) is -1.76. The number of ether oxygens (including phenoxy) is 1.